The van der Waals surface area contributed by atoms with E-state index in [0.717, 1.165) is 12.0 Å². The minimum absolute atomic E-state index is 0. The highest BCUT2D eigenvalue weighted by atomic mass is 35.5. The monoisotopic (exact) mass is 223 g/mol. The van der Waals surface area contributed by atoms with Crippen LogP contribution in [0.3, 0.4) is 0 Å². The SMILES string of the molecule is CCC(N)c1ccc(Cl)c(F)c1.Cl. The van der Waals surface area contributed by atoms with Gasteiger partial charge in [-0.1, -0.05) is 24.6 Å². The molecule has 2 N–H and O–H groups in total. The van der Waals surface area contributed by atoms with Crippen LogP contribution in [0.2, 0.25) is 5.02 Å². The van der Waals surface area contributed by atoms with Crippen molar-refractivity contribution in [2.45, 2.75) is 19.4 Å². The van der Waals surface area contributed by atoms with Crippen molar-refractivity contribution >= 4 is 24.0 Å². The van der Waals surface area contributed by atoms with Crippen LogP contribution >= 0.6 is 24.0 Å². The molecule has 0 saturated heterocycles. The van der Waals surface area contributed by atoms with Crippen molar-refractivity contribution in [2.24, 2.45) is 5.73 Å². The zero-order valence-corrected chi connectivity index (χ0v) is 8.83. The van der Waals surface area contributed by atoms with Crippen molar-refractivity contribution in [3.05, 3.63) is 34.6 Å². The van der Waals surface area contributed by atoms with Crippen LogP contribution in [-0.2, 0) is 0 Å². The summed E-state index contributed by atoms with van der Waals surface area (Å²) in [5.41, 5.74) is 6.49. The fourth-order valence-electron chi connectivity index (χ4n) is 0.979. The second-order valence-corrected chi connectivity index (χ2v) is 3.10. The molecule has 1 aromatic rings. The van der Waals surface area contributed by atoms with E-state index in [4.69, 9.17) is 17.3 Å². The zero-order chi connectivity index (χ0) is 9.14. The predicted molar refractivity (Wildman–Crippen MR) is 55.9 cm³/mol. The van der Waals surface area contributed by atoms with Gasteiger partial charge in [0.05, 0.1) is 5.02 Å². The largest absolute Gasteiger partial charge is 0.324 e. The van der Waals surface area contributed by atoms with Crippen LogP contribution in [0.4, 0.5) is 4.39 Å². The lowest BCUT2D eigenvalue weighted by atomic mass is 10.1. The Morgan fingerprint density at radius 1 is 1.54 bits per heavy atom. The van der Waals surface area contributed by atoms with E-state index in [-0.39, 0.29) is 23.5 Å². The Hall–Kier alpha value is -0.310. The summed E-state index contributed by atoms with van der Waals surface area (Å²) >= 11 is 5.51. The van der Waals surface area contributed by atoms with Crippen molar-refractivity contribution in [1.82, 2.24) is 0 Å². The van der Waals surface area contributed by atoms with Crippen LogP contribution in [0, 0.1) is 5.82 Å². The van der Waals surface area contributed by atoms with E-state index >= 15 is 0 Å². The average Bonchev–Trinajstić information content (AvgIpc) is 2.08. The second-order valence-electron chi connectivity index (χ2n) is 2.69. The Morgan fingerprint density at radius 2 is 2.15 bits per heavy atom. The summed E-state index contributed by atoms with van der Waals surface area (Å²) in [4.78, 5) is 0. The summed E-state index contributed by atoms with van der Waals surface area (Å²) in [5.74, 6) is -0.405. The summed E-state index contributed by atoms with van der Waals surface area (Å²) in [7, 11) is 0. The zero-order valence-electron chi connectivity index (χ0n) is 7.26. The first kappa shape index (κ1) is 12.7. The van der Waals surface area contributed by atoms with Gasteiger partial charge in [0.15, 0.2) is 0 Å². The van der Waals surface area contributed by atoms with E-state index in [1.54, 1.807) is 6.07 Å². The number of benzene rings is 1. The topological polar surface area (TPSA) is 26.0 Å². The molecule has 0 bridgehead atoms. The van der Waals surface area contributed by atoms with Gasteiger partial charge in [-0.3, -0.25) is 0 Å². The maximum atomic E-state index is 12.9. The van der Waals surface area contributed by atoms with Crippen molar-refractivity contribution in [3.63, 3.8) is 0 Å². The highest BCUT2D eigenvalue weighted by molar-refractivity contribution is 6.30. The lowest BCUT2D eigenvalue weighted by Crippen LogP contribution is -2.08. The molecule has 1 aromatic carbocycles. The lowest BCUT2D eigenvalue weighted by molar-refractivity contribution is 0.617. The molecular weight excluding hydrogens is 212 g/mol. The molecule has 1 unspecified atom stereocenters. The molecule has 0 aliphatic rings. The van der Waals surface area contributed by atoms with E-state index in [2.05, 4.69) is 0 Å². The van der Waals surface area contributed by atoms with Gasteiger partial charge in [-0.15, -0.1) is 12.4 Å². The highest BCUT2D eigenvalue weighted by Crippen LogP contribution is 2.20. The Labute approximate surface area is 88.5 Å². The molecule has 4 heteroatoms. The number of hydrogen-bond acceptors (Lipinski definition) is 1. The van der Waals surface area contributed by atoms with E-state index in [0.29, 0.717) is 0 Å². The number of rotatable bonds is 2. The molecular formula is C9H12Cl2FN. The minimum atomic E-state index is -0.405. The predicted octanol–water partition coefficient (Wildman–Crippen LogP) is 3.31. The second kappa shape index (κ2) is 5.43. The smallest absolute Gasteiger partial charge is 0.142 e. The first-order valence-corrected chi connectivity index (χ1v) is 4.23. The fraction of sp³-hybridized carbons (Fsp3) is 0.333. The Morgan fingerprint density at radius 3 is 2.62 bits per heavy atom. The van der Waals surface area contributed by atoms with Crippen LogP contribution in [0.25, 0.3) is 0 Å². The summed E-state index contributed by atoms with van der Waals surface area (Å²) in [6.45, 7) is 1.96. The van der Waals surface area contributed by atoms with Gasteiger partial charge in [0.2, 0.25) is 0 Å². The molecule has 0 heterocycles. The highest BCUT2D eigenvalue weighted by Gasteiger charge is 2.05. The molecule has 1 rings (SSSR count). The summed E-state index contributed by atoms with van der Waals surface area (Å²) in [6, 6.07) is 4.56. The van der Waals surface area contributed by atoms with E-state index < -0.39 is 5.82 Å². The van der Waals surface area contributed by atoms with Gasteiger partial charge < -0.3 is 5.73 Å². The fourth-order valence-corrected chi connectivity index (χ4v) is 1.10. The molecule has 0 radical (unpaired) electrons. The van der Waals surface area contributed by atoms with Gasteiger partial charge in [0.1, 0.15) is 5.82 Å². The molecule has 0 saturated carbocycles. The number of halogens is 3. The quantitative estimate of drug-likeness (QED) is 0.819. The standard InChI is InChI=1S/C9H11ClFN.ClH/c1-2-9(12)6-3-4-7(10)8(11)5-6;/h3-5,9H,2,12H2,1H3;1H. The Kier molecular flexibility index (Phi) is 5.30. The van der Waals surface area contributed by atoms with Gasteiger partial charge in [-0.25, -0.2) is 4.39 Å². The van der Waals surface area contributed by atoms with Crippen molar-refractivity contribution < 1.29 is 4.39 Å². The van der Waals surface area contributed by atoms with E-state index in [1.807, 2.05) is 6.92 Å². The van der Waals surface area contributed by atoms with Crippen LogP contribution < -0.4 is 5.73 Å². The lowest BCUT2D eigenvalue weighted by Gasteiger charge is -2.08. The molecule has 0 aliphatic carbocycles. The summed E-state index contributed by atoms with van der Waals surface area (Å²) in [6.07, 6.45) is 0.793. The number of hydrogen-bond donors (Lipinski definition) is 1. The van der Waals surface area contributed by atoms with Crippen molar-refractivity contribution in [2.75, 3.05) is 0 Å². The normalized spacial score (nSPS) is 12.0. The molecule has 0 fully saturated rings. The minimum Gasteiger partial charge on any atom is -0.324 e. The first-order valence-electron chi connectivity index (χ1n) is 3.85. The van der Waals surface area contributed by atoms with E-state index in [9.17, 15) is 4.39 Å². The maximum Gasteiger partial charge on any atom is 0.142 e. The van der Waals surface area contributed by atoms with Gasteiger partial charge >= 0.3 is 0 Å². The third-order valence-corrected chi connectivity index (χ3v) is 2.12. The molecule has 0 spiro atoms. The van der Waals surface area contributed by atoms with Crippen LogP contribution in [0.5, 0.6) is 0 Å². The molecule has 0 aromatic heterocycles. The van der Waals surface area contributed by atoms with Crippen LogP contribution in [0.15, 0.2) is 18.2 Å². The summed E-state index contributed by atoms with van der Waals surface area (Å²) < 4.78 is 12.9. The van der Waals surface area contributed by atoms with Gasteiger partial charge in [-0.05, 0) is 24.1 Å². The molecule has 1 nitrogen and oxygen atoms in total. The molecule has 74 valence electrons. The molecule has 1 atom stereocenters. The van der Waals surface area contributed by atoms with E-state index in [1.165, 1.54) is 12.1 Å². The van der Waals surface area contributed by atoms with Gasteiger partial charge in [-0.2, -0.15) is 0 Å². The average molecular weight is 224 g/mol. The Balaban J connectivity index is 0.00000144. The maximum absolute atomic E-state index is 12.9. The Bertz CT molecular complexity index is 278. The number of nitrogens with two attached hydrogens (primary N) is 1. The van der Waals surface area contributed by atoms with Gasteiger partial charge in [0.25, 0.3) is 0 Å². The molecule has 0 aliphatic heterocycles. The molecule has 13 heavy (non-hydrogen) atoms. The van der Waals surface area contributed by atoms with Crippen LogP contribution in [-0.4, -0.2) is 0 Å². The third-order valence-electron chi connectivity index (χ3n) is 1.81. The molecule has 0 amide bonds. The van der Waals surface area contributed by atoms with Gasteiger partial charge in [0, 0.05) is 6.04 Å². The third kappa shape index (κ3) is 3.14. The van der Waals surface area contributed by atoms with Crippen molar-refractivity contribution in [1.29, 1.82) is 0 Å². The van der Waals surface area contributed by atoms with Crippen LogP contribution in [0.1, 0.15) is 24.9 Å². The summed E-state index contributed by atoms with van der Waals surface area (Å²) in [5, 5.41) is 0.141. The first-order chi connectivity index (χ1) is 5.65. The van der Waals surface area contributed by atoms with Crippen molar-refractivity contribution in [3.8, 4) is 0 Å².